The van der Waals surface area contributed by atoms with Crippen LogP contribution in [0.2, 0.25) is 0 Å². The number of hydrogen-bond donors (Lipinski definition) is 0. The number of tetrazole rings is 1. The smallest absolute Gasteiger partial charge is 0.204 e. The number of aryl methyl sites for hydroxylation is 4. The van der Waals surface area contributed by atoms with Crippen LogP contribution in [-0.2, 0) is 19.9 Å². The zero-order chi connectivity index (χ0) is 16.9. The van der Waals surface area contributed by atoms with Gasteiger partial charge in [0.05, 0.1) is 24.9 Å². The predicted molar refractivity (Wildman–Crippen MR) is 94.3 cm³/mol. The average Bonchev–Trinajstić information content (AvgIpc) is 3.20. The number of unbranched alkanes of at least 4 members (excludes halogenated alkanes) is 1. The molecule has 24 heavy (non-hydrogen) atoms. The molecule has 0 bridgehead atoms. The van der Waals surface area contributed by atoms with Gasteiger partial charge in [-0.3, -0.25) is 0 Å². The van der Waals surface area contributed by atoms with Crippen molar-refractivity contribution in [2.45, 2.75) is 32.6 Å². The van der Waals surface area contributed by atoms with Crippen LogP contribution in [0.5, 0.6) is 5.75 Å². The highest BCUT2D eigenvalue weighted by molar-refractivity contribution is 7.09. The van der Waals surface area contributed by atoms with Crippen LogP contribution in [0.1, 0.15) is 29.1 Å². The predicted octanol–water partition coefficient (Wildman–Crippen LogP) is 3.22. The molecular formula is C17H21N5OS. The third-order valence-electron chi connectivity index (χ3n) is 3.84. The Morgan fingerprint density at radius 1 is 1.21 bits per heavy atom. The molecule has 0 radical (unpaired) electrons. The molecule has 0 saturated heterocycles. The molecule has 0 spiro atoms. The van der Waals surface area contributed by atoms with Gasteiger partial charge in [-0.2, -0.15) is 4.80 Å². The number of aromatic nitrogens is 5. The highest BCUT2D eigenvalue weighted by Gasteiger charge is 2.10. The number of rotatable bonds is 7. The van der Waals surface area contributed by atoms with Gasteiger partial charge in [-0.15, -0.1) is 21.5 Å². The van der Waals surface area contributed by atoms with Gasteiger partial charge in [0, 0.05) is 10.9 Å². The molecule has 0 aliphatic rings. The van der Waals surface area contributed by atoms with Crippen LogP contribution in [0.15, 0.2) is 23.6 Å². The van der Waals surface area contributed by atoms with Crippen LogP contribution < -0.4 is 4.74 Å². The summed E-state index contributed by atoms with van der Waals surface area (Å²) < 4.78 is 5.49. The van der Waals surface area contributed by atoms with Gasteiger partial charge >= 0.3 is 0 Å². The van der Waals surface area contributed by atoms with Gasteiger partial charge < -0.3 is 4.74 Å². The van der Waals surface area contributed by atoms with E-state index in [2.05, 4.69) is 31.8 Å². The summed E-state index contributed by atoms with van der Waals surface area (Å²) in [7, 11) is 3.47. The molecule has 7 heteroatoms. The molecule has 0 unspecified atom stereocenters. The first kappa shape index (κ1) is 16.6. The van der Waals surface area contributed by atoms with E-state index in [4.69, 9.17) is 4.74 Å². The van der Waals surface area contributed by atoms with Crippen molar-refractivity contribution in [1.29, 1.82) is 0 Å². The van der Waals surface area contributed by atoms with E-state index in [1.165, 1.54) is 16.1 Å². The maximum Gasteiger partial charge on any atom is 0.204 e. The maximum atomic E-state index is 5.49. The van der Waals surface area contributed by atoms with Crippen molar-refractivity contribution >= 4 is 11.3 Å². The van der Waals surface area contributed by atoms with Gasteiger partial charge in [-0.05, 0) is 61.6 Å². The Balaban J connectivity index is 1.64. The molecule has 3 rings (SSSR count). The quantitative estimate of drug-likeness (QED) is 0.616. The number of methoxy groups -OCH3 is 1. The first-order chi connectivity index (χ1) is 11.7. The van der Waals surface area contributed by atoms with Crippen LogP contribution in [0.25, 0.3) is 11.4 Å². The van der Waals surface area contributed by atoms with Crippen molar-refractivity contribution in [1.82, 2.24) is 25.2 Å². The molecule has 2 aromatic heterocycles. The second-order valence-corrected chi connectivity index (χ2v) is 6.76. The van der Waals surface area contributed by atoms with Gasteiger partial charge in [0.1, 0.15) is 5.75 Å². The number of benzene rings is 1. The minimum atomic E-state index is 0.638. The Kier molecular flexibility index (Phi) is 5.20. The van der Waals surface area contributed by atoms with Crippen LogP contribution in [0.3, 0.4) is 0 Å². The number of thiazole rings is 1. The number of ether oxygens (including phenoxy) is 1. The molecule has 0 N–H and O–H groups in total. The van der Waals surface area contributed by atoms with E-state index in [0.29, 0.717) is 5.82 Å². The molecule has 126 valence electrons. The summed E-state index contributed by atoms with van der Waals surface area (Å²) in [5.74, 6) is 1.55. The molecule has 2 heterocycles. The summed E-state index contributed by atoms with van der Waals surface area (Å²) in [6.07, 6.45) is 4.18. The van der Waals surface area contributed by atoms with Gasteiger partial charge in [0.2, 0.25) is 5.82 Å². The fourth-order valence-electron chi connectivity index (χ4n) is 2.66. The summed E-state index contributed by atoms with van der Waals surface area (Å²) in [6.45, 7) is 2.05. The zero-order valence-corrected chi connectivity index (χ0v) is 15.0. The van der Waals surface area contributed by atoms with Crippen molar-refractivity contribution in [2.24, 2.45) is 7.05 Å². The summed E-state index contributed by atoms with van der Waals surface area (Å²) >= 11 is 1.71. The topological polar surface area (TPSA) is 65.7 Å². The highest BCUT2D eigenvalue weighted by atomic mass is 32.1. The van der Waals surface area contributed by atoms with Gasteiger partial charge in [-0.1, -0.05) is 0 Å². The summed E-state index contributed by atoms with van der Waals surface area (Å²) in [4.78, 5) is 5.98. The monoisotopic (exact) mass is 343 g/mol. The van der Waals surface area contributed by atoms with Crippen LogP contribution in [-0.4, -0.2) is 32.3 Å². The minimum absolute atomic E-state index is 0.638. The summed E-state index contributed by atoms with van der Waals surface area (Å²) in [5, 5.41) is 15.5. The van der Waals surface area contributed by atoms with E-state index in [9.17, 15) is 0 Å². The molecule has 3 aromatic rings. The Morgan fingerprint density at radius 3 is 2.71 bits per heavy atom. The van der Waals surface area contributed by atoms with Gasteiger partial charge in [0.25, 0.3) is 0 Å². The SMILES string of the molecule is COc1ccc(-c2nnn(C)n2)cc1CCCCc1csc(C)n1. The van der Waals surface area contributed by atoms with Crippen molar-refractivity contribution in [2.75, 3.05) is 7.11 Å². The minimum Gasteiger partial charge on any atom is -0.496 e. The van der Waals surface area contributed by atoms with E-state index in [-0.39, 0.29) is 0 Å². The Bertz CT molecular complexity index is 811. The van der Waals surface area contributed by atoms with Crippen LogP contribution >= 0.6 is 11.3 Å². The van der Waals surface area contributed by atoms with Crippen molar-refractivity contribution in [3.63, 3.8) is 0 Å². The van der Waals surface area contributed by atoms with E-state index >= 15 is 0 Å². The highest BCUT2D eigenvalue weighted by Crippen LogP contribution is 2.26. The fraction of sp³-hybridized carbons (Fsp3) is 0.412. The normalized spacial score (nSPS) is 11.0. The molecule has 0 fully saturated rings. The lowest BCUT2D eigenvalue weighted by molar-refractivity contribution is 0.409. The van der Waals surface area contributed by atoms with E-state index < -0.39 is 0 Å². The lowest BCUT2D eigenvalue weighted by Crippen LogP contribution is -1.96. The van der Waals surface area contributed by atoms with E-state index in [1.807, 2.05) is 19.1 Å². The lowest BCUT2D eigenvalue weighted by Gasteiger charge is -2.09. The maximum absolute atomic E-state index is 5.49. The third-order valence-corrected chi connectivity index (χ3v) is 4.66. The molecule has 0 aliphatic carbocycles. The Labute approximate surface area is 145 Å². The summed E-state index contributed by atoms with van der Waals surface area (Å²) in [5.41, 5.74) is 3.34. The largest absolute Gasteiger partial charge is 0.496 e. The van der Waals surface area contributed by atoms with Gasteiger partial charge in [-0.25, -0.2) is 4.98 Å². The molecule has 0 amide bonds. The fourth-order valence-corrected chi connectivity index (χ4v) is 3.30. The lowest BCUT2D eigenvalue weighted by atomic mass is 10.0. The van der Waals surface area contributed by atoms with Crippen molar-refractivity contribution in [3.05, 3.63) is 39.8 Å². The Morgan fingerprint density at radius 2 is 2.04 bits per heavy atom. The Hall–Kier alpha value is -2.28. The summed E-state index contributed by atoms with van der Waals surface area (Å²) in [6, 6.07) is 6.05. The van der Waals surface area contributed by atoms with Crippen molar-refractivity contribution < 1.29 is 4.74 Å². The standard InChI is InChI=1S/C17H21N5OS/c1-12-18-15(11-24-12)7-5-4-6-13-10-14(8-9-16(13)23-3)17-19-21-22(2)20-17/h8-11H,4-7H2,1-3H3. The van der Waals surface area contributed by atoms with Crippen LogP contribution in [0.4, 0.5) is 0 Å². The number of nitrogens with zero attached hydrogens (tertiary/aromatic N) is 5. The first-order valence-electron chi connectivity index (χ1n) is 7.98. The molecule has 0 atom stereocenters. The zero-order valence-electron chi connectivity index (χ0n) is 14.2. The average molecular weight is 343 g/mol. The van der Waals surface area contributed by atoms with E-state index in [0.717, 1.165) is 42.0 Å². The molecular weight excluding hydrogens is 322 g/mol. The number of hydrogen-bond acceptors (Lipinski definition) is 6. The van der Waals surface area contributed by atoms with Gasteiger partial charge in [0.15, 0.2) is 0 Å². The molecule has 0 saturated carbocycles. The first-order valence-corrected chi connectivity index (χ1v) is 8.86. The second kappa shape index (κ2) is 7.53. The van der Waals surface area contributed by atoms with Crippen molar-refractivity contribution in [3.8, 4) is 17.1 Å². The third kappa shape index (κ3) is 3.97. The second-order valence-electron chi connectivity index (χ2n) is 5.69. The van der Waals surface area contributed by atoms with Crippen LogP contribution in [0, 0.1) is 6.92 Å². The molecule has 1 aromatic carbocycles. The molecule has 0 aliphatic heterocycles. The van der Waals surface area contributed by atoms with E-state index in [1.54, 1.807) is 25.5 Å². The molecule has 6 nitrogen and oxygen atoms in total.